The van der Waals surface area contributed by atoms with Crippen molar-refractivity contribution < 1.29 is 16.8 Å². The Bertz CT molecular complexity index is 776. The van der Waals surface area contributed by atoms with E-state index in [0.717, 1.165) is 25.6 Å². The molecule has 0 aromatic heterocycles. The third-order valence-corrected chi connectivity index (χ3v) is 7.21. The second-order valence-corrected chi connectivity index (χ2v) is 9.35. The molecular weight excluding hydrogens is 326 g/mol. The molecule has 3 N–H and O–H groups in total. The molecule has 122 valence electrons. The quantitative estimate of drug-likeness (QED) is 0.772. The molecule has 2 saturated heterocycles. The lowest BCUT2D eigenvalue weighted by Gasteiger charge is -2.33. The molecule has 0 aliphatic carbocycles. The number of piperidine rings is 1. The van der Waals surface area contributed by atoms with Crippen LogP contribution in [0.3, 0.4) is 0 Å². The summed E-state index contributed by atoms with van der Waals surface area (Å²) in [5.74, 6) is 0.854. The van der Waals surface area contributed by atoms with Gasteiger partial charge in [0.25, 0.3) is 0 Å². The molecule has 0 radical (unpaired) electrons. The molecule has 2 unspecified atom stereocenters. The maximum atomic E-state index is 12.7. The van der Waals surface area contributed by atoms with Gasteiger partial charge >= 0.3 is 0 Å². The Labute approximate surface area is 130 Å². The van der Waals surface area contributed by atoms with Crippen LogP contribution in [0.1, 0.15) is 6.42 Å². The Morgan fingerprint density at radius 2 is 1.77 bits per heavy atom. The first-order chi connectivity index (χ1) is 10.3. The normalized spacial score (nSPS) is 26.8. The summed E-state index contributed by atoms with van der Waals surface area (Å²) in [6.07, 6.45) is 0.825. The van der Waals surface area contributed by atoms with Crippen LogP contribution in [0, 0.1) is 11.8 Å². The topological polar surface area (TPSA) is 110 Å². The zero-order valence-corrected chi connectivity index (χ0v) is 13.6. The summed E-state index contributed by atoms with van der Waals surface area (Å²) >= 11 is 0. The smallest absolute Gasteiger partial charge is 0.243 e. The molecule has 2 aliphatic heterocycles. The molecule has 7 nitrogen and oxygen atoms in total. The molecule has 1 aromatic rings. The van der Waals surface area contributed by atoms with Crippen molar-refractivity contribution in [3.05, 3.63) is 24.3 Å². The maximum absolute atomic E-state index is 12.7. The van der Waals surface area contributed by atoms with Crippen LogP contribution in [0.5, 0.6) is 0 Å². The van der Waals surface area contributed by atoms with Gasteiger partial charge < -0.3 is 5.32 Å². The van der Waals surface area contributed by atoms with E-state index in [2.05, 4.69) is 5.32 Å². The third kappa shape index (κ3) is 2.91. The highest BCUT2D eigenvalue weighted by molar-refractivity contribution is 7.90. The maximum Gasteiger partial charge on any atom is 0.243 e. The van der Waals surface area contributed by atoms with Crippen molar-refractivity contribution >= 4 is 20.0 Å². The minimum Gasteiger partial charge on any atom is -0.316 e. The number of nitrogens with two attached hydrogens (primary N) is 1. The molecule has 0 saturated carbocycles. The van der Waals surface area contributed by atoms with Crippen molar-refractivity contribution in [2.45, 2.75) is 16.2 Å². The Morgan fingerprint density at radius 3 is 2.50 bits per heavy atom. The van der Waals surface area contributed by atoms with Crippen molar-refractivity contribution in [3.8, 4) is 0 Å². The zero-order chi connectivity index (χ0) is 16.0. The van der Waals surface area contributed by atoms with Gasteiger partial charge in [0.15, 0.2) is 0 Å². The van der Waals surface area contributed by atoms with Crippen LogP contribution in [0.4, 0.5) is 0 Å². The van der Waals surface area contributed by atoms with Crippen molar-refractivity contribution in [3.63, 3.8) is 0 Å². The van der Waals surface area contributed by atoms with Crippen LogP contribution in [-0.2, 0) is 20.0 Å². The summed E-state index contributed by atoms with van der Waals surface area (Å²) in [6, 6.07) is 5.23. The molecule has 2 atom stereocenters. The largest absolute Gasteiger partial charge is 0.316 e. The zero-order valence-electron chi connectivity index (χ0n) is 12.0. The summed E-state index contributed by atoms with van der Waals surface area (Å²) in [7, 11) is -7.62. The van der Waals surface area contributed by atoms with Gasteiger partial charge in [0, 0.05) is 13.1 Å². The van der Waals surface area contributed by atoms with Crippen molar-refractivity contribution in [2.24, 2.45) is 17.0 Å². The lowest BCUT2D eigenvalue weighted by Crippen LogP contribution is -2.43. The van der Waals surface area contributed by atoms with Crippen molar-refractivity contribution in [1.29, 1.82) is 0 Å². The molecule has 0 bridgehead atoms. The molecular formula is C13H19N3O4S2. The van der Waals surface area contributed by atoms with E-state index in [1.807, 2.05) is 0 Å². The average Bonchev–Trinajstić information content (AvgIpc) is 2.94. The van der Waals surface area contributed by atoms with E-state index in [4.69, 9.17) is 5.14 Å². The number of benzene rings is 1. The summed E-state index contributed by atoms with van der Waals surface area (Å²) in [5.41, 5.74) is 0. The Morgan fingerprint density at radius 1 is 1.09 bits per heavy atom. The first-order valence-electron chi connectivity index (χ1n) is 7.12. The molecule has 22 heavy (non-hydrogen) atoms. The van der Waals surface area contributed by atoms with Crippen LogP contribution in [0.15, 0.2) is 34.1 Å². The van der Waals surface area contributed by atoms with E-state index >= 15 is 0 Å². The standard InChI is InChI=1S/C13H19N3O4S2/c14-21(17,18)12-2-1-3-13(6-12)22(19,20)16-5-4-10-7-15-8-11(10)9-16/h1-3,6,10-11,15H,4-5,7-9H2,(H2,14,17,18). The highest BCUT2D eigenvalue weighted by atomic mass is 32.2. The molecule has 2 fully saturated rings. The van der Waals surface area contributed by atoms with Crippen molar-refractivity contribution in [2.75, 3.05) is 26.2 Å². The average molecular weight is 345 g/mol. The fraction of sp³-hybridized carbons (Fsp3) is 0.538. The van der Waals surface area contributed by atoms with Gasteiger partial charge in [-0.25, -0.2) is 22.0 Å². The van der Waals surface area contributed by atoms with Gasteiger partial charge in [-0.15, -0.1) is 0 Å². The number of hydrogen-bond donors (Lipinski definition) is 2. The number of nitrogens with one attached hydrogen (secondary N) is 1. The summed E-state index contributed by atoms with van der Waals surface area (Å²) in [4.78, 5) is -0.213. The van der Waals surface area contributed by atoms with Crippen LogP contribution in [-0.4, -0.2) is 47.3 Å². The van der Waals surface area contributed by atoms with Gasteiger partial charge in [0.05, 0.1) is 9.79 Å². The van der Waals surface area contributed by atoms with E-state index in [1.54, 1.807) is 0 Å². The summed E-state index contributed by atoms with van der Waals surface area (Å²) in [6.45, 7) is 2.71. The van der Waals surface area contributed by atoms with Gasteiger partial charge in [-0.2, -0.15) is 4.31 Å². The Hall–Kier alpha value is -1.00. The molecule has 0 spiro atoms. The van der Waals surface area contributed by atoms with Gasteiger partial charge in [0.2, 0.25) is 20.0 Å². The van der Waals surface area contributed by atoms with Crippen LogP contribution < -0.4 is 10.5 Å². The van der Waals surface area contributed by atoms with Crippen LogP contribution in [0.25, 0.3) is 0 Å². The highest BCUT2D eigenvalue weighted by Crippen LogP contribution is 2.30. The van der Waals surface area contributed by atoms with Gasteiger partial charge in [-0.05, 0) is 49.5 Å². The molecule has 2 heterocycles. The lowest BCUT2D eigenvalue weighted by molar-refractivity contribution is 0.228. The Kier molecular flexibility index (Phi) is 4.02. The number of nitrogens with zero attached hydrogens (tertiary/aromatic N) is 1. The third-order valence-electron chi connectivity index (χ3n) is 4.44. The lowest BCUT2D eigenvalue weighted by atomic mass is 9.90. The number of sulfonamides is 2. The highest BCUT2D eigenvalue weighted by Gasteiger charge is 2.37. The fourth-order valence-electron chi connectivity index (χ4n) is 3.18. The number of primary sulfonamides is 1. The number of rotatable bonds is 3. The SMILES string of the molecule is NS(=O)(=O)c1cccc(S(=O)(=O)N2CCC3CNCC3C2)c1. The van der Waals surface area contributed by atoms with Crippen LogP contribution >= 0.6 is 0 Å². The fourth-order valence-corrected chi connectivity index (χ4v) is 5.37. The number of hydrogen-bond acceptors (Lipinski definition) is 5. The second kappa shape index (κ2) is 5.57. The monoisotopic (exact) mass is 345 g/mol. The summed E-state index contributed by atoms with van der Waals surface area (Å²) in [5, 5.41) is 8.36. The van der Waals surface area contributed by atoms with Crippen LogP contribution in [0.2, 0.25) is 0 Å². The van der Waals surface area contributed by atoms with E-state index in [0.29, 0.717) is 24.9 Å². The molecule has 0 amide bonds. The minimum atomic E-state index is -3.92. The van der Waals surface area contributed by atoms with Crippen molar-refractivity contribution in [1.82, 2.24) is 9.62 Å². The Balaban J connectivity index is 1.90. The molecule has 1 aromatic carbocycles. The predicted octanol–water partition coefficient (Wildman–Crippen LogP) is -0.436. The number of fused-ring (bicyclic) bond motifs is 1. The van der Waals surface area contributed by atoms with E-state index in [9.17, 15) is 16.8 Å². The van der Waals surface area contributed by atoms with Gasteiger partial charge in [-0.1, -0.05) is 6.07 Å². The van der Waals surface area contributed by atoms with E-state index in [-0.39, 0.29) is 9.79 Å². The van der Waals surface area contributed by atoms with Gasteiger partial charge in [0.1, 0.15) is 0 Å². The first-order valence-corrected chi connectivity index (χ1v) is 10.1. The van der Waals surface area contributed by atoms with E-state index < -0.39 is 20.0 Å². The summed E-state index contributed by atoms with van der Waals surface area (Å²) < 4.78 is 49.7. The molecule has 2 aliphatic rings. The first kappa shape index (κ1) is 15.9. The second-order valence-electron chi connectivity index (χ2n) is 5.85. The molecule has 9 heteroatoms. The van der Waals surface area contributed by atoms with Gasteiger partial charge in [-0.3, -0.25) is 0 Å². The minimum absolute atomic E-state index is 0.0246. The predicted molar refractivity (Wildman–Crippen MR) is 81.0 cm³/mol. The molecule has 3 rings (SSSR count). The van der Waals surface area contributed by atoms with E-state index in [1.165, 1.54) is 22.5 Å².